The highest BCUT2D eigenvalue weighted by molar-refractivity contribution is 8.00. The molecule has 3 rings (SSSR count). The zero-order valence-corrected chi connectivity index (χ0v) is 26.0. The molecule has 3 aromatic rings. The first kappa shape index (κ1) is 29.7. The van der Waals surface area contributed by atoms with E-state index < -0.39 is 0 Å². The molecule has 1 unspecified atom stereocenters. The molecule has 1 aromatic heterocycles. The van der Waals surface area contributed by atoms with Gasteiger partial charge in [0, 0.05) is 16.3 Å². The average molecular weight is 553 g/mol. The van der Waals surface area contributed by atoms with Gasteiger partial charge < -0.3 is 5.32 Å². The number of pyridine rings is 1. The van der Waals surface area contributed by atoms with E-state index in [1.807, 2.05) is 25.5 Å². The molecule has 1 heterocycles. The third kappa shape index (κ3) is 7.81. The summed E-state index contributed by atoms with van der Waals surface area (Å²) in [6, 6.07) is 19.4. The summed E-state index contributed by atoms with van der Waals surface area (Å²) < 4.78 is 0. The second kappa shape index (κ2) is 12.3. The predicted octanol–water partition coefficient (Wildman–Crippen LogP) is 9.04. The van der Waals surface area contributed by atoms with Gasteiger partial charge in [-0.3, -0.25) is 4.79 Å². The number of nitrogens with one attached hydrogen (secondary N) is 1. The second-order valence-corrected chi connectivity index (χ2v) is 14.1. The van der Waals surface area contributed by atoms with Crippen LogP contribution < -0.4 is 5.32 Å². The maximum atomic E-state index is 13.8. The van der Waals surface area contributed by atoms with Gasteiger partial charge in [-0.25, -0.2) is 4.98 Å². The number of aromatic nitrogens is 1. The van der Waals surface area contributed by atoms with Crippen molar-refractivity contribution in [3.05, 3.63) is 82.5 Å². The molecular formula is C31H40N2OS3. The lowest BCUT2D eigenvalue weighted by Gasteiger charge is -2.22. The third-order valence-electron chi connectivity index (χ3n) is 6.29. The van der Waals surface area contributed by atoms with E-state index in [2.05, 4.69) is 100 Å². The lowest BCUT2D eigenvalue weighted by Crippen LogP contribution is -2.21. The third-order valence-corrected chi connectivity index (χ3v) is 9.06. The molecular weight excluding hydrogens is 513 g/mol. The summed E-state index contributed by atoms with van der Waals surface area (Å²) in [5, 5.41) is 3.76. The van der Waals surface area contributed by atoms with Crippen LogP contribution in [0.3, 0.4) is 0 Å². The van der Waals surface area contributed by atoms with Gasteiger partial charge in [0.15, 0.2) is 0 Å². The van der Waals surface area contributed by atoms with Crippen LogP contribution in [0.2, 0.25) is 0 Å². The van der Waals surface area contributed by atoms with Crippen LogP contribution in [-0.2, 0) is 21.4 Å². The zero-order chi connectivity index (χ0) is 27.4. The second-order valence-electron chi connectivity index (χ2n) is 11.3. The molecule has 0 aliphatic rings. The van der Waals surface area contributed by atoms with Crippen LogP contribution in [0.15, 0.2) is 64.5 Å². The highest BCUT2D eigenvalue weighted by Crippen LogP contribution is 2.38. The monoisotopic (exact) mass is 552 g/mol. The summed E-state index contributed by atoms with van der Waals surface area (Å²) in [6.07, 6.45) is 4.04. The number of nitrogens with zero attached hydrogens (tertiary/aromatic N) is 1. The van der Waals surface area contributed by atoms with E-state index in [1.54, 1.807) is 35.3 Å². The minimum Gasteiger partial charge on any atom is -0.322 e. The van der Waals surface area contributed by atoms with E-state index in [4.69, 9.17) is 0 Å². The topological polar surface area (TPSA) is 42.0 Å². The van der Waals surface area contributed by atoms with E-state index in [9.17, 15) is 4.79 Å². The van der Waals surface area contributed by atoms with Gasteiger partial charge in [-0.2, -0.15) is 0 Å². The standard InChI is InChI=1S/C31H40N2OS3/c1-20-18-25(35-8)26(29(32-20)36-9)33-28(34)27(22-12-16-24(17-13-22)31(5,6)7)37-19-21-10-14-23(15-11-21)30(2,3)4/h10-18,27H,19H2,1-9H3,(H,33,34). The number of rotatable bonds is 8. The number of benzene rings is 2. The maximum absolute atomic E-state index is 13.8. The molecule has 1 atom stereocenters. The van der Waals surface area contributed by atoms with E-state index >= 15 is 0 Å². The van der Waals surface area contributed by atoms with Crippen LogP contribution in [0.4, 0.5) is 5.69 Å². The Labute approximate surface area is 236 Å². The molecule has 0 bridgehead atoms. The van der Waals surface area contributed by atoms with Crippen LogP contribution >= 0.6 is 35.3 Å². The van der Waals surface area contributed by atoms with Crippen LogP contribution in [0.5, 0.6) is 0 Å². The number of thioether (sulfide) groups is 3. The van der Waals surface area contributed by atoms with Gasteiger partial charge in [0.2, 0.25) is 5.91 Å². The summed E-state index contributed by atoms with van der Waals surface area (Å²) in [6.45, 7) is 15.3. The van der Waals surface area contributed by atoms with Gasteiger partial charge in [-0.1, -0.05) is 90.1 Å². The Hall–Kier alpha value is -1.89. The van der Waals surface area contributed by atoms with Crippen LogP contribution in [-0.4, -0.2) is 23.4 Å². The molecule has 0 saturated carbocycles. The van der Waals surface area contributed by atoms with E-state index in [-0.39, 0.29) is 22.0 Å². The first-order valence-corrected chi connectivity index (χ1v) is 16.0. The van der Waals surface area contributed by atoms with Crippen molar-refractivity contribution in [1.29, 1.82) is 0 Å². The van der Waals surface area contributed by atoms with Gasteiger partial charge in [0.1, 0.15) is 10.3 Å². The lowest BCUT2D eigenvalue weighted by atomic mass is 9.86. The van der Waals surface area contributed by atoms with Crippen molar-refractivity contribution < 1.29 is 4.79 Å². The average Bonchev–Trinajstić information content (AvgIpc) is 2.84. The molecule has 6 heteroatoms. The molecule has 0 aliphatic carbocycles. The summed E-state index contributed by atoms with van der Waals surface area (Å²) >= 11 is 4.86. The first-order chi connectivity index (χ1) is 17.3. The van der Waals surface area contributed by atoms with E-state index in [0.29, 0.717) is 0 Å². The van der Waals surface area contributed by atoms with Gasteiger partial charge >= 0.3 is 0 Å². The Kier molecular flexibility index (Phi) is 9.87. The Bertz CT molecular complexity index is 1180. The molecule has 3 nitrogen and oxygen atoms in total. The fraction of sp³-hybridized carbons (Fsp3) is 0.419. The molecule has 0 aliphatic heterocycles. The largest absolute Gasteiger partial charge is 0.322 e. The minimum atomic E-state index is -0.345. The van der Waals surface area contributed by atoms with E-state index in [0.717, 1.165) is 32.6 Å². The highest BCUT2D eigenvalue weighted by Gasteiger charge is 2.25. The van der Waals surface area contributed by atoms with Crippen molar-refractivity contribution >= 4 is 46.9 Å². The molecule has 1 N–H and O–H groups in total. The summed E-state index contributed by atoms with van der Waals surface area (Å²) in [5.41, 5.74) is 6.74. The molecule has 37 heavy (non-hydrogen) atoms. The fourth-order valence-electron chi connectivity index (χ4n) is 3.99. The van der Waals surface area contributed by atoms with Gasteiger partial charge in [0.25, 0.3) is 0 Å². The quantitative estimate of drug-likeness (QED) is 0.282. The Morgan fingerprint density at radius 2 is 1.41 bits per heavy atom. The molecule has 0 saturated heterocycles. The smallest absolute Gasteiger partial charge is 0.242 e. The number of anilines is 1. The Morgan fingerprint density at radius 3 is 1.89 bits per heavy atom. The van der Waals surface area contributed by atoms with Gasteiger partial charge in [-0.05, 0) is 58.6 Å². The van der Waals surface area contributed by atoms with Crippen molar-refractivity contribution in [3.63, 3.8) is 0 Å². The summed E-state index contributed by atoms with van der Waals surface area (Å²) in [4.78, 5) is 19.6. The molecule has 0 spiro atoms. The number of carbonyl (C=O) groups is 1. The maximum Gasteiger partial charge on any atom is 0.242 e. The number of aryl methyl sites for hydroxylation is 1. The van der Waals surface area contributed by atoms with Crippen LogP contribution in [0, 0.1) is 6.92 Å². The van der Waals surface area contributed by atoms with Gasteiger partial charge in [0.05, 0.1) is 5.69 Å². The summed E-state index contributed by atoms with van der Waals surface area (Å²) in [5.74, 6) is 0.733. The first-order valence-electron chi connectivity index (χ1n) is 12.6. The molecule has 2 aromatic carbocycles. The number of hydrogen-bond donors (Lipinski definition) is 1. The molecule has 0 radical (unpaired) electrons. The highest BCUT2D eigenvalue weighted by atomic mass is 32.2. The number of hydrogen-bond acceptors (Lipinski definition) is 5. The Morgan fingerprint density at radius 1 is 0.865 bits per heavy atom. The predicted molar refractivity (Wildman–Crippen MR) is 165 cm³/mol. The van der Waals surface area contributed by atoms with Gasteiger partial charge in [-0.15, -0.1) is 35.3 Å². The number of amides is 1. The zero-order valence-electron chi connectivity index (χ0n) is 23.6. The normalized spacial score (nSPS) is 12.9. The molecule has 0 fully saturated rings. The van der Waals surface area contributed by atoms with Crippen molar-refractivity contribution in [3.8, 4) is 0 Å². The fourth-order valence-corrected chi connectivity index (χ4v) is 6.41. The van der Waals surface area contributed by atoms with Crippen molar-refractivity contribution in [1.82, 2.24) is 4.98 Å². The molecule has 198 valence electrons. The molecule has 1 amide bonds. The van der Waals surface area contributed by atoms with Crippen LogP contribution in [0.1, 0.15) is 74.7 Å². The van der Waals surface area contributed by atoms with Crippen LogP contribution in [0.25, 0.3) is 0 Å². The summed E-state index contributed by atoms with van der Waals surface area (Å²) in [7, 11) is 0. The number of carbonyl (C=O) groups excluding carboxylic acids is 1. The van der Waals surface area contributed by atoms with E-state index in [1.165, 1.54) is 16.7 Å². The van der Waals surface area contributed by atoms with Crippen molar-refractivity contribution in [2.45, 2.75) is 80.2 Å². The van der Waals surface area contributed by atoms with Crippen molar-refractivity contribution in [2.75, 3.05) is 17.8 Å². The minimum absolute atomic E-state index is 0.0175. The van der Waals surface area contributed by atoms with Crippen molar-refractivity contribution in [2.24, 2.45) is 0 Å². The lowest BCUT2D eigenvalue weighted by molar-refractivity contribution is -0.115. The SMILES string of the molecule is CSc1cc(C)nc(SC)c1NC(=O)C(SCc1ccc(C(C)(C)C)cc1)c1ccc(C(C)(C)C)cc1. The Balaban J connectivity index is 1.92.